The highest BCUT2D eigenvalue weighted by atomic mass is 32.2. The summed E-state index contributed by atoms with van der Waals surface area (Å²) in [5, 5.41) is 3.37. The number of rotatable bonds is 4. The van der Waals surface area contributed by atoms with E-state index in [4.69, 9.17) is 0 Å². The lowest BCUT2D eigenvalue weighted by Crippen LogP contribution is -2.35. The van der Waals surface area contributed by atoms with Crippen LogP contribution in [-0.2, 0) is 0 Å². The zero-order chi connectivity index (χ0) is 15.5. The predicted octanol–water partition coefficient (Wildman–Crippen LogP) is 3.97. The van der Waals surface area contributed by atoms with Gasteiger partial charge < -0.3 is 10.1 Å². The second-order valence-electron chi connectivity index (χ2n) is 6.01. The van der Waals surface area contributed by atoms with Gasteiger partial charge in [0.05, 0.1) is 11.9 Å². The summed E-state index contributed by atoms with van der Waals surface area (Å²) in [6, 6.07) is 3.50. The van der Waals surface area contributed by atoms with E-state index in [0.29, 0.717) is 11.5 Å². The third-order valence-electron chi connectivity index (χ3n) is 3.10. The Balaban J connectivity index is 1.87. The minimum absolute atomic E-state index is 0.0174. The Kier molecular flexibility index (Phi) is 4.91. The van der Waals surface area contributed by atoms with Gasteiger partial charge in [-0.3, -0.25) is 0 Å². The van der Waals surface area contributed by atoms with E-state index < -0.39 is 12.8 Å². The first-order valence-electron chi connectivity index (χ1n) is 6.73. The third kappa shape index (κ3) is 5.65. The van der Waals surface area contributed by atoms with Crippen molar-refractivity contribution in [3.63, 3.8) is 0 Å². The number of hydrogen-bond acceptors (Lipinski definition) is 4. The molecule has 118 valence electrons. The van der Waals surface area contributed by atoms with Gasteiger partial charge >= 0.3 is 6.18 Å². The van der Waals surface area contributed by atoms with Gasteiger partial charge in [-0.25, -0.2) is 4.98 Å². The molecule has 0 aliphatic carbocycles. The lowest BCUT2D eigenvalue weighted by atomic mass is 9.88. The summed E-state index contributed by atoms with van der Waals surface area (Å²) in [5.41, 5.74) is 1.10. The van der Waals surface area contributed by atoms with Crippen LogP contribution in [0.15, 0.2) is 18.3 Å². The summed E-state index contributed by atoms with van der Waals surface area (Å²) in [5.74, 6) is 2.15. The molecule has 0 radical (unpaired) electrons. The molecule has 1 N–H and O–H groups in total. The molecule has 1 unspecified atom stereocenters. The maximum Gasteiger partial charge on any atom is 0.422 e. The van der Waals surface area contributed by atoms with E-state index in [0.717, 1.165) is 23.6 Å². The van der Waals surface area contributed by atoms with Crippen LogP contribution in [0, 0.1) is 5.41 Å². The van der Waals surface area contributed by atoms with E-state index in [2.05, 4.69) is 28.9 Å². The van der Waals surface area contributed by atoms with Gasteiger partial charge in [0.25, 0.3) is 0 Å². The number of pyridine rings is 1. The van der Waals surface area contributed by atoms with Gasteiger partial charge in [-0.05, 0) is 23.7 Å². The topological polar surface area (TPSA) is 34.1 Å². The SMILES string of the molecule is CC1(C)CSCC(Nc2ccc(OCC(F)(F)F)nc2)C1. The molecule has 2 heterocycles. The van der Waals surface area contributed by atoms with E-state index in [1.165, 1.54) is 12.3 Å². The van der Waals surface area contributed by atoms with Crippen LogP contribution in [-0.4, -0.2) is 35.3 Å². The maximum absolute atomic E-state index is 12.0. The highest BCUT2D eigenvalue weighted by molar-refractivity contribution is 7.99. The molecular weight excluding hydrogens is 301 g/mol. The third-order valence-corrected chi connectivity index (χ3v) is 4.73. The molecule has 1 aromatic heterocycles. The number of hydrogen-bond donors (Lipinski definition) is 1. The van der Waals surface area contributed by atoms with E-state index >= 15 is 0 Å². The van der Waals surface area contributed by atoms with Gasteiger partial charge in [0.1, 0.15) is 0 Å². The number of anilines is 1. The molecule has 0 bridgehead atoms. The fraction of sp³-hybridized carbons (Fsp3) is 0.643. The molecule has 1 fully saturated rings. The molecule has 0 saturated carbocycles. The molecule has 0 amide bonds. The van der Waals surface area contributed by atoms with Crippen molar-refractivity contribution in [2.24, 2.45) is 5.41 Å². The molecule has 0 spiro atoms. The number of nitrogens with one attached hydrogen (secondary N) is 1. The average Bonchev–Trinajstić information content (AvgIpc) is 2.36. The van der Waals surface area contributed by atoms with Crippen molar-refractivity contribution in [1.29, 1.82) is 0 Å². The summed E-state index contributed by atoms with van der Waals surface area (Å²) in [4.78, 5) is 3.89. The van der Waals surface area contributed by atoms with Gasteiger partial charge in [-0.15, -0.1) is 0 Å². The zero-order valence-corrected chi connectivity index (χ0v) is 12.9. The van der Waals surface area contributed by atoms with Crippen LogP contribution in [0.3, 0.4) is 0 Å². The summed E-state index contributed by atoms with van der Waals surface area (Å²) >= 11 is 1.91. The van der Waals surface area contributed by atoms with Crippen molar-refractivity contribution in [2.75, 3.05) is 23.4 Å². The highest BCUT2D eigenvalue weighted by Crippen LogP contribution is 2.34. The lowest BCUT2D eigenvalue weighted by molar-refractivity contribution is -0.154. The van der Waals surface area contributed by atoms with Crippen molar-refractivity contribution in [2.45, 2.75) is 32.5 Å². The number of halogens is 3. The Hall–Kier alpha value is -1.11. The molecule has 1 aromatic rings. The Morgan fingerprint density at radius 1 is 1.43 bits per heavy atom. The van der Waals surface area contributed by atoms with Gasteiger partial charge in [0, 0.05) is 17.9 Å². The quantitative estimate of drug-likeness (QED) is 0.910. The Bertz CT molecular complexity index is 462. The molecule has 1 atom stereocenters. The molecule has 1 aliphatic heterocycles. The van der Waals surface area contributed by atoms with Crippen LogP contribution >= 0.6 is 11.8 Å². The van der Waals surface area contributed by atoms with Gasteiger partial charge in [0.15, 0.2) is 6.61 Å². The highest BCUT2D eigenvalue weighted by Gasteiger charge is 2.29. The fourth-order valence-electron chi connectivity index (χ4n) is 2.30. The van der Waals surface area contributed by atoms with Crippen molar-refractivity contribution in [3.8, 4) is 5.88 Å². The largest absolute Gasteiger partial charge is 0.468 e. The Morgan fingerprint density at radius 2 is 2.19 bits per heavy atom. The van der Waals surface area contributed by atoms with Crippen LogP contribution in [0.5, 0.6) is 5.88 Å². The second-order valence-corrected chi connectivity index (χ2v) is 7.04. The molecule has 1 aliphatic rings. The molecule has 0 aromatic carbocycles. The Morgan fingerprint density at radius 3 is 2.76 bits per heavy atom. The fourth-order valence-corrected chi connectivity index (χ4v) is 3.57. The minimum atomic E-state index is -4.34. The second kappa shape index (κ2) is 6.34. The standard InChI is InChI=1S/C14H19F3N2OS/c1-13(2)5-11(7-21-9-13)19-10-3-4-12(18-6-10)20-8-14(15,16)17/h3-4,6,11,19H,5,7-9H2,1-2H3. The maximum atomic E-state index is 12.0. The summed E-state index contributed by atoms with van der Waals surface area (Å²) in [7, 11) is 0. The zero-order valence-electron chi connectivity index (χ0n) is 12.0. The minimum Gasteiger partial charge on any atom is -0.468 e. The van der Waals surface area contributed by atoms with Crippen LogP contribution in [0.25, 0.3) is 0 Å². The van der Waals surface area contributed by atoms with Crippen molar-refractivity contribution in [3.05, 3.63) is 18.3 Å². The van der Waals surface area contributed by atoms with E-state index in [1.54, 1.807) is 6.07 Å². The average molecular weight is 320 g/mol. The van der Waals surface area contributed by atoms with Gasteiger partial charge in [-0.1, -0.05) is 13.8 Å². The molecule has 21 heavy (non-hydrogen) atoms. The normalized spacial score (nSPS) is 21.9. The van der Waals surface area contributed by atoms with Crippen LogP contribution in [0.1, 0.15) is 20.3 Å². The van der Waals surface area contributed by atoms with Crippen LogP contribution in [0.4, 0.5) is 18.9 Å². The van der Waals surface area contributed by atoms with Crippen molar-refractivity contribution >= 4 is 17.4 Å². The van der Waals surface area contributed by atoms with Gasteiger partial charge in [0.2, 0.25) is 5.88 Å². The summed E-state index contributed by atoms with van der Waals surface area (Å²) in [6.07, 6.45) is -1.77. The van der Waals surface area contributed by atoms with Crippen LogP contribution < -0.4 is 10.1 Å². The molecular formula is C14H19F3N2OS. The van der Waals surface area contributed by atoms with E-state index in [-0.39, 0.29) is 5.88 Å². The monoisotopic (exact) mass is 320 g/mol. The molecule has 3 nitrogen and oxygen atoms in total. The van der Waals surface area contributed by atoms with E-state index in [1.807, 2.05) is 11.8 Å². The van der Waals surface area contributed by atoms with Gasteiger partial charge in [-0.2, -0.15) is 24.9 Å². The molecule has 7 heteroatoms. The number of thioether (sulfide) groups is 1. The van der Waals surface area contributed by atoms with Crippen molar-refractivity contribution in [1.82, 2.24) is 4.98 Å². The smallest absolute Gasteiger partial charge is 0.422 e. The first-order valence-corrected chi connectivity index (χ1v) is 7.89. The Labute approximate surface area is 126 Å². The summed E-state index contributed by atoms with van der Waals surface area (Å²) in [6.45, 7) is 3.15. The van der Waals surface area contributed by atoms with Crippen molar-refractivity contribution < 1.29 is 17.9 Å². The lowest BCUT2D eigenvalue weighted by Gasteiger charge is -2.35. The summed E-state index contributed by atoms with van der Waals surface area (Å²) < 4.78 is 40.7. The number of alkyl halides is 3. The van der Waals surface area contributed by atoms with Crippen LogP contribution in [0.2, 0.25) is 0 Å². The number of aromatic nitrogens is 1. The number of ether oxygens (including phenoxy) is 1. The first-order chi connectivity index (χ1) is 9.73. The molecule has 2 rings (SSSR count). The predicted molar refractivity (Wildman–Crippen MR) is 78.9 cm³/mol. The molecule has 1 saturated heterocycles. The number of nitrogens with zero attached hydrogens (tertiary/aromatic N) is 1. The van der Waals surface area contributed by atoms with E-state index in [9.17, 15) is 13.2 Å². The first kappa shape index (κ1) is 16.3.